The van der Waals surface area contributed by atoms with E-state index in [0.717, 1.165) is 32.7 Å². The van der Waals surface area contributed by atoms with E-state index in [1.807, 2.05) is 0 Å². The summed E-state index contributed by atoms with van der Waals surface area (Å²) in [5.41, 5.74) is 0. The van der Waals surface area contributed by atoms with Crippen LogP contribution in [0.25, 0.3) is 0 Å². The van der Waals surface area contributed by atoms with Gasteiger partial charge in [0.15, 0.2) is 0 Å². The van der Waals surface area contributed by atoms with E-state index < -0.39 is 0 Å². The van der Waals surface area contributed by atoms with Crippen molar-refractivity contribution >= 4 is 5.91 Å². The van der Waals surface area contributed by atoms with Gasteiger partial charge < -0.3 is 10.2 Å². The molecule has 1 heterocycles. The van der Waals surface area contributed by atoms with Crippen molar-refractivity contribution in [2.75, 3.05) is 46.3 Å². The number of nitrogens with zero attached hydrogens (tertiary/aromatic N) is 2. The molecule has 1 aliphatic rings. The van der Waals surface area contributed by atoms with Crippen LogP contribution in [0.15, 0.2) is 0 Å². The number of hydrogen-bond donors (Lipinski definition) is 1. The minimum absolute atomic E-state index is 0.0615. The molecule has 0 radical (unpaired) electrons. The van der Waals surface area contributed by atoms with E-state index in [-0.39, 0.29) is 5.91 Å². The van der Waals surface area contributed by atoms with Crippen LogP contribution < -0.4 is 5.32 Å². The summed E-state index contributed by atoms with van der Waals surface area (Å²) >= 11 is 0. The van der Waals surface area contributed by atoms with Gasteiger partial charge in [0.25, 0.3) is 0 Å². The second kappa shape index (κ2) is 6.44. The van der Waals surface area contributed by atoms with Crippen molar-refractivity contribution in [1.29, 1.82) is 0 Å². The molecule has 0 saturated carbocycles. The molecule has 0 aromatic heterocycles. The van der Waals surface area contributed by atoms with E-state index in [0.29, 0.717) is 6.54 Å². The Balaban J connectivity index is 2.18. The molecular weight excluding hydrogens is 190 g/mol. The van der Waals surface area contributed by atoms with Crippen LogP contribution in [0.4, 0.5) is 0 Å². The number of amides is 1. The Hall–Kier alpha value is -1.05. The van der Waals surface area contributed by atoms with Crippen LogP contribution in [0, 0.1) is 11.8 Å². The van der Waals surface area contributed by atoms with Gasteiger partial charge in [-0.15, -0.1) is 0 Å². The second-order valence-corrected chi connectivity index (χ2v) is 3.75. The number of carbonyl (C=O) groups is 1. The van der Waals surface area contributed by atoms with Crippen LogP contribution in [0.3, 0.4) is 0 Å². The molecule has 1 N–H and O–H groups in total. The summed E-state index contributed by atoms with van der Waals surface area (Å²) in [5, 5.41) is 3.30. The monoisotopic (exact) mass is 209 g/mol. The molecule has 4 heteroatoms. The van der Waals surface area contributed by atoms with E-state index in [9.17, 15) is 4.79 Å². The van der Waals surface area contributed by atoms with Crippen molar-refractivity contribution in [3.05, 3.63) is 0 Å². The highest BCUT2D eigenvalue weighted by atomic mass is 16.2. The zero-order valence-electron chi connectivity index (χ0n) is 9.55. The quantitative estimate of drug-likeness (QED) is 0.615. The summed E-state index contributed by atoms with van der Waals surface area (Å²) in [6.45, 7) is 7.13. The standard InChI is InChI=1S/C11H19N3O/c1-11(15)13(2)7-3-4-8-14-9-5-12-6-10-14/h12H,5-10H2,1-2H3. The lowest BCUT2D eigenvalue weighted by Crippen LogP contribution is -2.43. The van der Waals surface area contributed by atoms with Gasteiger partial charge in [0, 0.05) is 40.2 Å². The molecule has 0 atom stereocenters. The number of piperazine rings is 1. The molecule has 4 nitrogen and oxygen atoms in total. The van der Waals surface area contributed by atoms with Gasteiger partial charge in [-0.1, -0.05) is 11.8 Å². The van der Waals surface area contributed by atoms with Gasteiger partial charge in [-0.25, -0.2) is 0 Å². The highest BCUT2D eigenvalue weighted by molar-refractivity contribution is 5.73. The first-order chi connectivity index (χ1) is 7.20. The molecule has 1 fully saturated rings. The average Bonchev–Trinajstić information content (AvgIpc) is 2.25. The highest BCUT2D eigenvalue weighted by Gasteiger charge is 2.06. The van der Waals surface area contributed by atoms with E-state index in [1.165, 1.54) is 0 Å². The van der Waals surface area contributed by atoms with E-state index in [1.54, 1.807) is 18.9 Å². The fraction of sp³-hybridized carbons (Fsp3) is 0.727. The minimum atomic E-state index is 0.0615. The summed E-state index contributed by atoms with van der Waals surface area (Å²) in [7, 11) is 1.77. The molecule has 0 aliphatic carbocycles. The van der Waals surface area contributed by atoms with Crippen LogP contribution in [-0.2, 0) is 4.79 Å². The topological polar surface area (TPSA) is 35.6 Å². The third-order valence-electron chi connectivity index (χ3n) is 2.49. The fourth-order valence-electron chi connectivity index (χ4n) is 1.32. The Morgan fingerprint density at radius 3 is 2.67 bits per heavy atom. The molecule has 0 bridgehead atoms. The zero-order chi connectivity index (χ0) is 11.1. The van der Waals surface area contributed by atoms with Crippen LogP contribution in [0.1, 0.15) is 6.92 Å². The van der Waals surface area contributed by atoms with Crippen molar-refractivity contribution in [1.82, 2.24) is 15.1 Å². The summed E-state index contributed by atoms with van der Waals surface area (Å²) < 4.78 is 0. The lowest BCUT2D eigenvalue weighted by molar-refractivity contribution is -0.126. The third-order valence-corrected chi connectivity index (χ3v) is 2.49. The normalized spacial score (nSPS) is 16.7. The Morgan fingerprint density at radius 2 is 2.07 bits per heavy atom. The van der Waals surface area contributed by atoms with Gasteiger partial charge >= 0.3 is 0 Å². The van der Waals surface area contributed by atoms with E-state index in [4.69, 9.17) is 0 Å². The predicted molar refractivity (Wildman–Crippen MR) is 60.4 cm³/mol. The van der Waals surface area contributed by atoms with Gasteiger partial charge in [0.05, 0.1) is 13.1 Å². The first kappa shape index (κ1) is 12.0. The second-order valence-electron chi connectivity index (χ2n) is 3.75. The van der Waals surface area contributed by atoms with Gasteiger partial charge in [-0.3, -0.25) is 9.69 Å². The summed E-state index contributed by atoms with van der Waals surface area (Å²) in [5.74, 6) is 6.16. The first-order valence-corrected chi connectivity index (χ1v) is 5.30. The predicted octanol–water partition coefficient (Wildman–Crippen LogP) is -0.627. The molecule has 1 rings (SSSR count). The maximum atomic E-state index is 10.9. The average molecular weight is 209 g/mol. The Labute approximate surface area is 91.6 Å². The van der Waals surface area contributed by atoms with Crippen molar-refractivity contribution in [2.45, 2.75) is 6.92 Å². The fourth-order valence-corrected chi connectivity index (χ4v) is 1.32. The minimum Gasteiger partial charge on any atom is -0.335 e. The first-order valence-electron chi connectivity index (χ1n) is 5.30. The molecule has 15 heavy (non-hydrogen) atoms. The molecule has 0 unspecified atom stereocenters. The molecule has 1 amide bonds. The molecule has 1 saturated heterocycles. The third kappa shape index (κ3) is 4.82. The Bertz CT molecular complexity index is 261. The van der Waals surface area contributed by atoms with Crippen LogP contribution in [0.5, 0.6) is 0 Å². The molecule has 0 aromatic rings. The van der Waals surface area contributed by atoms with Crippen LogP contribution in [-0.4, -0.2) is 62.0 Å². The van der Waals surface area contributed by atoms with Gasteiger partial charge in [-0.05, 0) is 0 Å². The SMILES string of the molecule is CC(=O)N(C)CC#CCN1CCNCC1. The Kier molecular flexibility index (Phi) is 5.16. The van der Waals surface area contributed by atoms with Crippen LogP contribution >= 0.6 is 0 Å². The molecule has 0 spiro atoms. The Morgan fingerprint density at radius 1 is 1.40 bits per heavy atom. The zero-order valence-corrected chi connectivity index (χ0v) is 9.55. The maximum absolute atomic E-state index is 10.9. The van der Waals surface area contributed by atoms with Crippen molar-refractivity contribution in [3.63, 3.8) is 0 Å². The summed E-state index contributed by atoms with van der Waals surface area (Å²) in [4.78, 5) is 14.8. The summed E-state index contributed by atoms with van der Waals surface area (Å²) in [6.07, 6.45) is 0. The molecule has 84 valence electrons. The van der Waals surface area contributed by atoms with Gasteiger partial charge in [0.2, 0.25) is 5.91 Å². The number of nitrogens with one attached hydrogen (secondary N) is 1. The van der Waals surface area contributed by atoms with Gasteiger partial charge in [-0.2, -0.15) is 0 Å². The highest BCUT2D eigenvalue weighted by Crippen LogP contribution is 1.89. The van der Waals surface area contributed by atoms with E-state index in [2.05, 4.69) is 22.1 Å². The lowest BCUT2D eigenvalue weighted by Gasteiger charge is -2.24. The van der Waals surface area contributed by atoms with Crippen LogP contribution in [0.2, 0.25) is 0 Å². The van der Waals surface area contributed by atoms with E-state index >= 15 is 0 Å². The number of rotatable bonds is 2. The van der Waals surface area contributed by atoms with Crippen molar-refractivity contribution < 1.29 is 4.79 Å². The van der Waals surface area contributed by atoms with Crippen molar-refractivity contribution in [3.8, 4) is 11.8 Å². The number of hydrogen-bond acceptors (Lipinski definition) is 3. The largest absolute Gasteiger partial charge is 0.335 e. The lowest BCUT2D eigenvalue weighted by atomic mass is 10.3. The molecule has 0 aromatic carbocycles. The summed E-state index contributed by atoms with van der Waals surface area (Å²) in [6, 6.07) is 0. The molecular formula is C11H19N3O. The molecule has 1 aliphatic heterocycles. The van der Waals surface area contributed by atoms with Gasteiger partial charge in [0.1, 0.15) is 0 Å². The number of carbonyl (C=O) groups excluding carboxylic acids is 1. The maximum Gasteiger partial charge on any atom is 0.219 e. The smallest absolute Gasteiger partial charge is 0.219 e. The van der Waals surface area contributed by atoms with Crippen molar-refractivity contribution in [2.24, 2.45) is 0 Å².